The number of amidine groups is 1. The normalized spacial score (nSPS) is 33.8. The highest BCUT2D eigenvalue weighted by molar-refractivity contribution is 5.78. The Kier molecular flexibility index (Phi) is 5.04. The second-order valence-electron chi connectivity index (χ2n) is 8.91. The van der Waals surface area contributed by atoms with Crippen molar-refractivity contribution in [1.29, 1.82) is 0 Å². The molecule has 0 aromatic heterocycles. The summed E-state index contributed by atoms with van der Waals surface area (Å²) in [6.07, 6.45) is 13.7. The minimum absolute atomic E-state index is 0.0464. The van der Waals surface area contributed by atoms with Crippen LogP contribution in [-0.4, -0.2) is 36.2 Å². The molecule has 0 radical (unpaired) electrons. The van der Waals surface area contributed by atoms with Gasteiger partial charge in [-0.25, -0.2) is 4.99 Å². The molecule has 0 N–H and O–H groups in total. The number of hydrogen-bond donors (Lipinski definition) is 0. The summed E-state index contributed by atoms with van der Waals surface area (Å²) in [7, 11) is 0. The van der Waals surface area contributed by atoms with E-state index in [2.05, 4.69) is 47.2 Å². The molecule has 3 fully saturated rings. The SMILES string of the molecule is CCC1C=CN=C2O[C@H](COc3ccc(C4C5CCCC4CCC5)cc3)CN21. The Labute approximate surface area is 168 Å². The molecule has 1 aromatic rings. The largest absolute Gasteiger partial charge is 0.490 e. The molecule has 2 bridgehead atoms. The van der Waals surface area contributed by atoms with E-state index in [4.69, 9.17) is 9.47 Å². The van der Waals surface area contributed by atoms with Crippen LogP contribution in [0.25, 0.3) is 0 Å². The van der Waals surface area contributed by atoms with Gasteiger partial charge < -0.3 is 14.4 Å². The lowest BCUT2D eigenvalue weighted by Crippen LogP contribution is -2.37. The van der Waals surface area contributed by atoms with Gasteiger partial charge in [-0.1, -0.05) is 31.9 Å². The van der Waals surface area contributed by atoms with Gasteiger partial charge in [-0.3, -0.25) is 0 Å². The van der Waals surface area contributed by atoms with Gasteiger partial charge in [-0.15, -0.1) is 0 Å². The van der Waals surface area contributed by atoms with Crippen molar-refractivity contribution >= 4 is 6.02 Å². The molecule has 2 atom stereocenters. The zero-order valence-electron chi connectivity index (χ0n) is 16.9. The fourth-order valence-corrected chi connectivity index (χ4v) is 5.88. The van der Waals surface area contributed by atoms with Gasteiger partial charge in [0.1, 0.15) is 12.4 Å². The molecule has 1 saturated heterocycles. The Morgan fingerprint density at radius 1 is 1.07 bits per heavy atom. The van der Waals surface area contributed by atoms with E-state index in [0.29, 0.717) is 12.6 Å². The smallest absolute Gasteiger partial charge is 0.293 e. The highest BCUT2D eigenvalue weighted by atomic mass is 16.6. The van der Waals surface area contributed by atoms with Crippen molar-refractivity contribution < 1.29 is 9.47 Å². The molecule has 4 heteroatoms. The standard InChI is InChI=1S/C24H32N2O2/c1-2-20-13-14-25-24-26(20)15-22(28-24)16-27-21-11-9-19(10-12-21)23-17-5-3-6-18(23)8-4-7-17/h9-14,17-18,20,22-23H,2-8,15-16H2,1H3/t17?,18?,20?,22-,23?/m0/s1. The van der Waals surface area contributed by atoms with E-state index in [-0.39, 0.29) is 6.10 Å². The topological polar surface area (TPSA) is 34.1 Å². The third-order valence-electron chi connectivity index (χ3n) is 7.25. The molecule has 1 aromatic carbocycles. The van der Waals surface area contributed by atoms with Gasteiger partial charge in [0.05, 0.1) is 12.6 Å². The highest BCUT2D eigenvalue weighted by Crippen LogP contribution is 2.49. The fraction of sp³-hybridized carbons (Fsp3) is 0.625. The minimum atomic E-state index is 0.0464. The molecule has 5 rings (SSSR count). The Morgan fingerprint density at radius 3 is 2.46 bits per heavy atom. The Balaban J connectivity index is 1.19. The molecular weight excluding hydrogens is 348 g/mol. The average molecular weight is 381 g/mol. The van der Waals surface area contributed by atoms with Crippen LogP contribution in [0.1, 0.15) is 63.4 Å². The number of rotatable bonds is 5. The minimum Gasteiger partial charge on any atom is -0.490 e. The van der Waals surface area contributed by atoms with E-state index in [0.717, 1.165) is 42.5 Å². The number of benzene rings is 1. The van der Waals surface area contributed by atoms with Crippen LogP contribution in [0.2, 0.25) is 0 Å². The van der Waals surface area contributed by atoms with E-state index in [1.165, 1.54) is 44.1 Å². The van der Waals surface area contributed by atoms with Crippen molar-refractivity contribution in [3.8, 4) is 5.75 Å². The molecule has 28 heavy (non-hydrogen) atoms. The third kappa shape index (κ3) is 3.42. The molecule has 2 heterocycles. The lowest BCUT2D eigenvalue weighted by Gasteiger charge is -2.43. The summed E-state index contributed by atoms with van der Waals surface area (Å²) in [6.45, 7) is 3.62. The first-order valence-corrected chi connectivity index (χ1v) is 11.2. The lowest BCUT2D eigenvalue weighted by molar-refractivity contribution is 0.144. The summed E-state index contributed by atoms with van der Waals surface area (Å²) in [4.78, 5) is 6.62. The van der Waals surface area contributed by atoms with E-state index < -0.39 is 0 Å². The fourth-order valence-electron chi connectivity index (χ4n) is 5.88. The summed E-state index contributed by atoms with van der Waals surface area (Å²) in [5.41, 5.74) is 1.53. The van der Waals surface area contributed by atoms with Gasteiger partial charge in [0.2, 0.25) is 0 Å². The Bertz CT molecular complexity index is 719. The first kappa shape index (κ1) is 18.1. The molecule has 0 spiro atoms. The molecule has 0 amide bonds. The number of nitrogens with zero attached hydrogens (tertiary/aromatic N) is 2. The van der Waals surface area contributed by atoms with Gasteiger partial charge in [0.25, 0.3) is 6.02 Å². The Morgan fingerprint density at radius 2 is 1.79 bits per heavy atom. The molecule has 150 valence electrons. The number of ether oxygens (including phenoxy) is 2. The Hall–Kier alpha value is -1.97. The van der Waals surface area contributed by atoms with Gasteiger partial charge >= 0.3 is 0 Å². The van der Waals surface area contributed by atoms with Crippen LogP contribution in [0.5, 0.6) is 5.75 Å². The average Bonchev–Trinajstić information content (AvgIpc) is 3.15. The van der Waals surface area contributed by atoms with Crippen molar-refractivity contribution in [3.05, 3.63) is 42.1 Å². The van der Waals surface area contributed by atoms with Crippen LogP contribution in [-0.2, 0) is 4.74 Å². The predicted octanol–water partition coefficient (Wildman–Crippen LogP) is 5.11. The van der Waals surface area contributed by atoms with Gasteiger partial charge in [0.15, 0.2) is 6.10 Å². The van der Waals surface area contributed by atoms with Crippen molar-refractivity contribution in [2.45, 2.75) is 69.9 Å². The van der Waals surface area contributed by atoms with Crippen LogP contribution < -0.4 is 4.74 Å². The summed E-state index contributed by atoms with van der Waals surface area (Å²) < 4.78 is 12.1. The van der Waals surface area contributed by atoms with E-state index in [9.17, 15) is 0 Å². The van der Waals surface area contributed by atoms with Crippen LogP contribution in [0.3, 0.4) is 0 Å². The number of hydrogen-bond acceptors (Lipinski definition) is 4. The maximum absolute atomic E-state index is 6.07. The zero-order valence-corrected chi connectivity index (χ0v) is 16.9. The van der Waals surface area contributed by atoms with Crippen molar-refractivity contribution in [2.75, 3.05) is 13.2 Å². The molecule has 2 aliphatic carbocycles. The predicted molar refractivity (Wildman–Crippen MR) is 112 cm³/mol. The number of fused-ring (bicyclic) bond motifs is 3. The zero-order chi connectivity index (χ0) is 18.9. The third-order valence-corrected chi connectivity index (χ3v) is 7.25. The maximum Gasteiger partial charge on any atom is 0.293 e. The van der Waals surface area contributed by atoms with Crippen LogP contribution in [0, 0.1) is 11.8 Å². The number of aliphatic imine (C=N–C) groups is 1. The molecule has 4 aliphatic rings. The summed E-state index contributed by atoms with van der Waals surface area (Å²) in [5, 5.41) is 0. The van der Waals surface area contributed by atoms with E-state index >= 15 is 0 Å². The van der Waals surface area contributed by atoms with E-state index in [1.807, 2.05) is 6.20 Å². The summed E-state index contributed by atoms with van der Waals surface area (Å²) in [5.74, 6) is 3.54. The lowest BCUT2D eigenvalue weighted by atomic mass is 9.62. The second kappa shape index (κ2) is 7.81. The molecule has 1 unspecified atom stereocenters. The first-order chi connectivity index (χ1) is 13.8. The summed E-state index contributed by atoms with van der Waals surface area (Å²) >= 11 is 0. The van der Waals surface area contributed by atoms with Crippen LogP contribution in [0.4, 0.5) is 0 Å². The van der Waals surface area contributed by atoms with Gasteiger partial charge in [-0.2, -0.15) is 0 Å². The monoisotopic (exact) mass is 380 g/mol. The van der Waals surface area contributed by atoms with Crippen LogP contribution in [0.15, 0.2) is 41.5 Å². The molecular formula is C24H32N2O2. The molecule has 4 nitrogen and oxygen atoms in total. The van der Waals surface area contributed by atoms with Crippen molar-refractivity contribution in [2.24, 2.45) is 16.8 Å². The van der Waals surface area contributed by atoms with Gasteiger partial charge in [0, 0.05) is 6.20 Å². The maximum atomic E-state index is 6.07. The summed E-state index contributed by atoms with van der Waals surface area (Å²) in [6, 6.07) is 10.1. The first-order valence-electron chi connectivity index (χ1n) is 11.2. The quantitative estimate of drug-likeness (QED) is 0.712. The van der Waals surface area contributed by atoms with Crippen LogP contribution >= 0.6 is 0 Å². The van der Waals surface area contributed by atoms with E-state index in [1.54, 1.807) is 0 Å². The van der Waals surface area contributed by atoms with Crippen molar-refractivity contribution in [1.82, 2.24) is 4.90 Å². The second-order valence-corrected chi connectivity index (χ2v) is 8.91. The van der Waals surface area contributed by atoms with Gasteiger partial charge in [-0.05, 0) is 73.6 Å². The molecule has 2 saturated carbocycles. The van der Waals surface area contributed by atoms with Crippen molar-refractivity contribution in [3.63, 3.8) is 0 Å². The molecule has 2 aliphatic heterocycles. The highest BCUT2D eigenvalue weighted by Gasteiger charge is 2.37.